The molecule has 4 heterocycles. The van der Waals surface area contributed by atoms with Gasteiger partial charge in [-0.15, -0.1) is 0 Å². The van der Waals surface area contributed by atoms with Crippen LogP contribution in [0.1, 0.15) is 19.3 Å². The van der Waals surface area contributed by atoms with Crippen molar-refractivity contribution in [2.75, 3.05) is 30.3 Å². The number of piperidine rings is 1. The van der Waals surface area contributed by atoms with Crippen LogP contribution < -0.4 is 16.0 Å². The van der Waals surface area contributed by atoms with Gasteiger partial charge in [-0.1, -0.05) is 17.7 Å². The Morgan fingerprint density at radius 3 is 2.47 bits per heavy atom. The minimum absolute atomic E-state index is 0.206. The average molecular weight is 525 g/mol. The lowest BCUT2D eigenvalue weighted by Gasteiger charge is -2.39. The number of nitrogens with two attached hydrogens (primary N) is 1. The van der Waals surface area contributed by atoms with E-state index in [9.17, 15) is 18.0 Å². The fourth-order valence-electron chi connectivity index (χ4n) is 4.77. The first-order valence-electron chi connectivity index (χ1n) is 11.1. The van der Waals surface area contributed by atoms with E-state index in [4.69, 9.17) is 27.2 Å². The summed E-state index contributed by atoms with van der Waals surface area (Å²) in [5.41, 5.74) is 9.73. The number of benzene rings is 1. The van der Waals surface area contributed by atoms with Crippen LogP contribution in [0.4, 0.5) is 24.7 Å². The maximum atomic E-state index is 12.3. The Balaban J connectivity index is 0.000000384. The maximum absolute atomic E-state index is 12.3. The number of amides is 1. The Morgan fingerprint density at radius 2 is 1.89 bits per heavy atom. The fraction of sp³-hybridized carbons (Fsp3) is 0.391. The molecule has 2 aromatic heterocycles. The first-order valence-corrected chi connectivity index (χ1v) is 11.5. The molecule has 1 aromatic carbocycles. The first kappa shape index (κ1) is 25.5. The number of anilines is 2. The molecule has 13 heteroatoms. The van der Waals surface area contributed by atoms with Gasteiger partial charge in [0.15, 0.2) is 5.82 Å². The molecule has 2 fully saturated rings. The topological polar surface area (TPSA) is 126 Å². The standard InChI is InChI=1S/C21H23ClN6O.C2HF3O2/c1-27-17-10-13(2-3-14(17)19(23)26-27)15-11-24-12-16(22)18(15)28-8-5-21(6-9-28)4-7-25-20(21)29;3-2(4,5)1(6)7/h2-3,10-12H,4-9H2,1H3,(H2,23,26)(H,25,29);(H,6,7). The molecular weight excluding hydrogens is 501 g/mol. The minimum atomic E-state index is -5.08. The van der Waals surface area contributed by atoms with E-state index in [1.54, 1.807) is 10.9 Å². The Kier molecular flexibility index (Phi) is 6.74. The first-order chi connectivity index (χ1) is 16.9. The number of aliphatic carboxylic acids is 1. The smallest absolute Gasteiger partial charge is 0.475 e. The SMILES string of the molecule is Cn1nc(N)c2ccc(-c3cncc(Cl)c3N3CCC4(CCNC4=O)CC3)cc21.O=C(O)C(F)(F)F. The number of carboxylic acid groups (broad SMARTS) is 1. The summed E-state index contributed by atoms with van der Waals surface area (Å²) >= 11 is 6.63. The molecule has 1 amide bonds. The number of carbonyl (C=O) groups is 2. The van der Waals surface area contributed by atoms with Crippen molar-refractivity contribution in [1.82, 2.24) is 20.1 Å². The third-order valence-corrected chi connectivity index (χ3v) is 6.99. The molecule has 3 aromatic rings. The van der Waals surface area contributed by atoms with Gasteiger partial charge >= 0.3 is 12.1 Å². The molecule has 9 nitrogen and oxygen atoms in total. The summed E-state index contributed by atoms with van der Waals surface area (Å²) in [6.07, 6.45) is 1.07. The molecule has 1 spiro atoms. The Hall–Kier alpha value is -3.54. The van der Waals surface area contributed by atoms with Crippen LogP contribution in [-0.4, -0.2) is 57.6 Å². The predicted octanol–water partition coefficient (Wildman–Crippen LogP) is 3.61. The number of fused-ring (bicyclic) bond motifs is 1. The highest BCUT2D eigenvalue weighted by molar-refractivity contribution is 6.33. The molecule has 0 radical (unpaired) electrons. The highest BCUT2D eigenvalue weighted by Crippen LogP contribution is 2.43. The zero-order valence-corrected chi connectivity index (χ0v) is 20.0. The van der Waals surface area contributed by atoms with Crippen LogP contribution in [-0.2, 0) is 16.6 Å². The van der Waals surface area contributed by atoms with E-state index < -0.39 is 12.1 Å². The average Bonchev–Trinajstić information content (AvgIpc) is 3.32. The van der Waals surface area contributed by atoms with Gasteiger partial charge in [0.25, 0.3) is 0 Å². The van der Waals surface area contributed by atoms with E-state index in [-0.39, 0.29) is 11.3 Å². The third kappa shape index (κ3) is 4.77. The number of halogens is 4. The number of nitrogen functional groups attached to an aromatic ring is 1. The second-order valence-electron chi connectivity index (χ2n) is 8.83. The van der Waals surface area contributed by atoms with Crippen molar-refractivity contribution < 1.29 is 27.9 Å². The van der Waals surface area contributed by atoms with Gasteiger partial charge < -0.3 is 21.1 Å². The predicted molar refractivity (Wildman–Crippen MR) is 129 cm³/mol. The van der Waals surface area contributed by atoms with E-state index in [1.165, 1.54) is 0 Å². The molecule has 0 unspecified atom stereocenters. The number of rotatable bonds is 2. The monoisotopic (exact) mass is 524 g/mol. The Morgan fingerprint density at radius 1 is 1.22 bits per heavy atom. The minimum Gasteiger partial charge on any atom is -0.475 e. The van der Waals surface area contributed by atoms with E-state index in [2.05, 4.69) is 26.4 Å². The molecule has 2 aliphatic rings. The molecule has 0 bridgehead atoms. The van der Waals surface area contributed by atoms with Gasteiger partial charge in [0.1, 0.15) is 0 Å². The van der Waals surface area contributed by atoms with Crippen LogP contribution in [0, 0.1) is 5.41 Å². The number of alkyl halides is 3. The van der Waals surface area contributed by atoms with Crippen molar-refractivity contribution in [1.29, 1.82) is 0 Å². The van der Waals surface area contributed by atoms with Gasteiger partial charge in [0.05, 0.1) is 21.6 Å². The number of pyridine rings is 1. The molecule has 0 saturated carbocycles. The van der Waals surface area contributed by atoms with Gasteiger partial charge in [0, 0.05) is 50.0 Å². The largest absolute Gasteiger partial charge is 0.490 e. The van der Waals surface area contributed by atoms with Crippen molar-refractivity contribution in [3.63, 3.8) is 0 Å². The Bertz CT molecular complexity index is 1320. The molecule has 2 saturated heterocycles. The third-order valence-electron chi connectivity index (χ3n) is 6.71. The van der Waals surface area contributed by atoms with Crippen molar-refractivity contribution in [3.05, 3.63) is 35.6 Å². The lowest BCUT2D eigenvalue weighted by Crippen LogP contribution is -2.44. The molecule has 36 heavy (non-hydrogen) atoms. The number of aromatic nitrogens is 3. The summed E-state index contributed by atoms with van der Waals surface area (Å²) in [5.74, 6) is -2.03. The molecule has 192 valence electrons. The number of nitrogens with one attached hydrogen (secondary N) is 1. The second kappa shape index (κ2) is 9.49. The van der Waals surface area contributed by atoms with E-state index in [0.29, 0.717) is 10.8 Å². The van der Waals surface area contributed by atoms with E-state index >= 15 is 0 Å². The number of nitrogens with zero attached hydrogens (tertiary/aromatic N) is 4. The highest BCUT2D eigenvalue weighted by Gasteiger charge is 2.44. The van der Waals surface area contributed by atoms with Crippen LogP contribution in [0.3, 0.4) is 0 Å². The zero-order valence-electron chi connectivity index (χ0n) is 19.3. The summed E-state index contributed by atoms with van der Waals surface area (Å²) in [4.78, 5) is 27.8. The van der Waals surface area contributed by atoms with Crippen LogP contribution in [0.2, 0.25) is 5.02 Å². The number of hydrogen-bond donors (Lipinski definition) is 3. The fourth-order valence-corrected chi connectivity index (χ4v) is 5.04. The van der Waals surface area contributed by atoms with Crippen molar-refractivity contribution in [2.24, 2.45) is 12.5 Å². The number of carbonyl (C=O) groups excluding carboxylic acids is 1. The maximum Gasteiger partial charge on any atom is 0.490 e. The summed E-state index contributed by atoms with van der Waals surface area (Å²) in [6.45, 7) is 2.38. The zero-order chi connectivity index (χ0) is 26.3. The molecule has 0 aliphatic carbocycles. The van der Waals surface area contributed by atoms with Crippen LogP contribution in [0.25, 0.3) is 22.0 Å². The van der Waals surface area contributed by atoms with Gasteiger partial charge in [-0.3, -0.25) is 14.5 Å². The van der Waals surface area contributed by atoms with E-state index in [0.717, 1.165) is 66.6 Å². The lowest BCUT2D eigenvalue weighted by atomic mass is 9.77. The summed E-state index contributed by atoms with van der Waals surface area (Å²) < 4.78 is 33.5. The van der Waals surface area contributed by atoms with Gasteiger partial charge in [-0.25, -0.2) is 4.79 Å². The lowest BCUT2D eigenvalue weighted by molar-refractivity contribution is -0.192. The number of carboxylic acids is 1. The normalized spacial score (nSPS) is 17.1. The molecule has 0 atom stereocenters. The van der Waals surface area contributed by atoms with Crippen molar-refractivity contribution in [3.8, 4) is 11.1 Å². The van der Waals surface area contributed by atoms with Crippen LogP contribution in [0.15, 0.2) is 30.6 Å². The number of aryl methyl sites for hydroxylation is 1. The molecule has 2 aliphatic heterocycles. The van der Waals surface area contributed by atoms with Gasteiger partial charge in [-0.05, 0) is 37.0 Å². The van der Waals surface area contributed by atoms with Gasteiger partial charge in [0.2, 0.25) is 5.91 Å². The van der Waals surface area contributed by atoms with Crippen molar-refractivity contribution >= 4 is 45.9 Å². The molecular formula is C23H24ClF3N6O3. The summed E-state index contributed by atoms with van der Waals surface area (Å²) in [5, 5.41) is 16.0. The number of hydrogen-bond acceptors (Lipinski definition) is 6. The highest BCUT2D eigenvalue weighted by atomic mass is 35.5. The van der Waals surface area contributed by atoms with Crippen molar-refractivity contribution in [2.45, 2.75) is 25.4 Å². The van der Waals surface area contributed by atoms with Crippen LogP contribution >= 0.6 is 11.6 Å². The second-order valence-corrected chi connectivity index (χ2v) is 9.24. The molecule has 4 N–H and O–H groups in total. The Labute approximate surface area is 209 Å². The van der Waals surface area contributed by atoms with Crippen LogP contribution in [0.5, 0.6) is 0 Å². The van der Waals surface area contributed by atoms with Gasteiger partial charge in [-0.2, -0.15) is 18.3 Å². The summed E-state index contributed by atoms with van der Waals surface area (Å²) in [6, 6.07) is 6.10. The quantitative estimate of drug-likeness (QED) is 0.467. The molecule has 5 rings (SSSR count). The van der Waals surface area contributed by atoms with E-state index in [1.807, 2.05) is 25.4 Å². The summed E-state index contributed by atoms with van der Waals surface area (Å²) in [7, 11) is 1.89.